The molecule has 1 unspecified atom stereocenters. The molecule has 0 amide bonds. The van der Waals surface area contributed by atoms with Gasteiger partial charge in [-0.3, -0.25) is 0 Å². The van der Waals surface area contributed by atoms with Crippen molar-refractivity contribution < 1.29 is 9.47 Å². The number of fused-ring (bicyclic) bond motifs is 1. The van der Waals surface area contributed by atoms with Crippen LogP contribution in [0.4, 0.5) is 0 Å². The Hall–Kier alpha value is -2.14. The number of likely N-dealkylation sites (N-methyl/N-ethyl adjacent to an activating group) is 1. The molecule has 0 aromatic rings. The fraction of sp³-hybridized carbons (Fsp3) is 0.500. The maximum Gasteiger partial charge on any atom is 0.231 e. The molecule has 5 heteroatoms. The minimum absolute atomic E-state index is 0.0631. The molecule has 4 aliphatic rings. The second-order valence-electron chi connectivity index (χ2n) is 10.3. The lowest BCUT2D eigenvalue weighted by Gasteiger charge is -2.35. The van der Waals surface area contributed by atoms with Gasteiger partial charge in [0, 0.05) is 36.4 Å². The normalized spacial score (nSPS) is 23.7. The Balaban J connectivity index is 1.74. The van der Waals surface area contributed by atoms with E-state index in [1.165, 1.54) is 33.6 Å². The minimum atomic E-state index is -2.00. The van der Waals surface area contributed by atoms with Gasteiger partial charge in [-0.15, -0.1) is 0 Å². The number of nitrogens with zero attached hydrogens (tertiary/aromatic N) is 1. The largest absolute Gasteiger partial charge is 0.461 e. The van der Waals surface area contributed by atoms with Gasteiger partial charge in [0.2, 0.25) is 12.7 Å². The van der Waals surface area contributed by atoms with E-state index in [1.807, 2.05) is 0 Å². The number of hydrogen-bond acceptors (Lipinski definition) is 4. The molecular weight excluding hydrogens is 376 g/mol. The molecule has 1 N–H and O–H groups in total. The molecule has 0 aromatic carbocycles. The molecule has 0 fully saturated rings. The molecule has 1 atom stereocenters. The third-order valence-electron chi connectivity index (χ3n) is 6.27. The topological polar surface area (TPSA) is 33.7 Å². The van der Waals surface area contributed by atoms with Gasteiger partial charge in [0.1, 0.15) is 13.5 Å². The molecule has 1 aliphatic heterocycles. The van der Waals surface area contributed by atoms with Crippen molar-refractivity contribution in [3.63, 3.8) is 0 Å². The van der Waals surface area contributed by atoms with Gasteiger partial charge in [0.25, 0.3) is 0 Å². The Bertz CT molecular complexity index is 936. The van der Waals surface area contributed by atoms with Gasteiger partial charge in [-0.1, -0.05) is 31.3 Å². The van der Waals surface area contributed by atoms with E-state index >= 15 is 0 Å². The highest BCUT2D eigenvalue weighted by Crippen LogP contribution is 2.53. The monoisotopic (exact) mass is 410 g/mol. The first-order valence-electron chi connectivity index (χ1n) is 10.5. The summed E-state index contributed by atoms with van der Waals surface area (Å²) in [5.41, 5.74) is 8.94. The molecule has 3 aliphatic carbocycles. The summed E-state index contributed by atoms with van der Waals surface area (Å²) in [6.07, 6.45) is 10.4. The van der Waals surface area contributed by atoms with Crippen LogP contribution >= 0.6 is 0 Å². The molecule has 1 heterocycles. The van der Waals surface area contributed by atoms with Crippen molar-refractivity contribution >= 4 is 8.07 Å². The third kappa shape index (κ3) is 3.29. The molecule has 4 nitrogen and oxygen atoms in total. The van der Waals surface area contributed by atoms with E-state index in [-0.39, 0.29) is 5.54 Å². The maximum absolute atomic E-state index is 6.10. The van der Waals surface area contributed by atoms with Crippen LogP contribution in [0.5, 0.6) is 0 Å². The highest BCUT2D eigenvalue weighted by atomic mass is 28.3. The van der Waals surface area contributed by atoms with Gasteiger partial charge in [0.05, 0.1) is 0 Å². The van der Waals surface area contributed by atoms with Gasteiger partial charge >= 0.3 is 0 Å². The summed E-state index contributed by atoms with van der Waals surface area (Å²) in [6.45, 7) is 13.9. The summed E-state index contributed by atoms with van der Waals surface area (Å²) >= 11 is 0. The molecule has 0 aromatic heterocycles. The quantitative estimate of drug-likeness (QED) is 0.651. The summed E-state index contributed by atoms with van der Waals surface area (Å²) in [5, 5.41) is 4.59. The number of ether oxygens (including phenoxy) is 2. The molecule has 156 valence electrons. The van der Waals surface area contributed by atoms with Gasteiger partial charge in [-0.25, -0.2) is 0 Å². The average Bonchev–Trinajstić information content (AvgIpc) is 3.30. The summed E-state index contributed by atoms with van der Waals surface area (Å²) in [4.78, 5) is 2.23. The van der Waals surface area contributed by atoms with Crippen LogP contribution in [-0.4, -0.2) is 39.4 Å². The van der Waals surface area contributed by atoms with Crippen LogP contribution < -0.4 is 5.32 Å². The highest BCUT2D eigenvalue weighted by molar-refractivity contribution is 6.86. The van der Waals surface area contributed by atoms with E-state index in [1.54, 1.807) is 0 Å². The second-order valence-corrected chi connectivity index (χ2v) is 14.8. The Kier molecular flexibility index (Phi) is 4.65. The van der Waals surface area contributed by atoms with E-state index in [9.17, 15) is 0 Å². The van der Waals surface area contributed by atoms with Crippen LogP contribution in [0.15, 0.2) is 69.1 Å². The number of rotatable bonds is 4. The number of nitrogens with one attached hydrogen (secondary N) is 1. The fourth-order valence-electron chi connectivity index (χ4n) is 4.96. The van der Waals surface area contributed by atoms with Crippen LogP contribution in [0.25, 0.3) is 0 Å². The van der Waals surface area contributed by atoms with Gasteiger partial charge in [-0.2, -0.15) is 0 Å². The van der Waals surface area contributed by atoms with Crippen LogP contribution in [0.1, 0.15) is 34.1 Å². The first-order valence-corrected chi connectivity index (χ1v) is 13.6. The average molecular weight is 411 g/mol. The van der Waals surface area contributed by atoms with Crippen molar-refractivity contribution in [2.75, 3.05) is 20.9 Å². The number of allylic oxidation sites excluding steroid dienone is 8. The predicted octanol–water partition coefficient (Wildman–Crippen LogP) is 5.14. The molecule has 0 bridgehead atoms. The van der Waals surface area contributed by atoms with Crippen molar-refractivity contribution in [3.05, 3.63) is 69.1 Å². The molecule has 0 saturated heterocycles. The van der Waals surface area contributed by atoms with E-state index in [2.05, 4.69) is 89.4 Å². The second kappa shape index (κ2) is 6.69. The van der Waals surface area contributed by atoms with Crippen molar-refractivity contribution in [1.29, 1.82) is 0 Å². The van der Waals surface area contributed by atoms with E-state index in [0.717, 1.165) is 17.7 Å². The van der Waals surface area contributed by atoms with E-state index in [4.69, 9.17) is 9.47 Å². The Labute approximate surface area is 176 Å². The van der Waals surface area contributed by atoms with Crippen molar-refractivity contribution in [1.82, 2.24) is 10.2 Å². The molecular formula is C24H34N2O2Si. The zero-order chi connectivity index (χ0) is 21.1. The van der Waals surface area contributed by atoms with Gasteiger partial charge in [-0.05, 0) is 62.5 Å². The zero-order valence-corrected chi connectivity index (χ0v) is 20.1. The SMILES string of the molecule is CC1=C2C(=CC=C2N(C)C)CC2=C1C([Si](C)(C)C1=C(NC(C)(C)C)OCO1)C=C2. The number of hydrogen-bond donors (Lipinski definition) is 1. The third-order valence-corrected chi connectivity index (χ3v) is 9.85. The van der Waals surface area contributed by atoms with Crippen molar-refractivity contribution in [2.45, 2.75) is 58.3 Å². The van der Waals surface area contributed by atoms with E-state index < -0.39 is 8.07 Å². The predicted molar refractivity (Wildman–Crippen MR) is 122 cm³/mol. The van der Waals surface area contributed by atoms with Crippen molar-refractivity contribution in [3.8, 4) is 0 Å². The Morgan fingerprint density at radius 2 is 1.86 bits per heavy atom. The Morgan fingerprint density at radius 3 is 2.52 bits per heavy atom. The lowest BCUT2D eigenvalue weighted by atomic mass is 9.84. The maximum atomic E-state index is 6.10. The fourth-order valence-corrected chi connectivity index (χ4v) is 8.10. The molecule has 29 heavy (non-hydrogen) atoms. The Morgan fingerprint density at radius 1 is 1.14 bits per heavy atom. The highest BCUT2D eigenvalue weighted by Gasteiger charge is 2.47. The molecule has 0 saturated carbocycles. The molecule has 0 radical (unpaired) electrons. The van der Waals surface area contributed by atoms with Crippen LogP contribution in [0, 0.1) is 0 Å². The lowest BCUT2D eigenvalue weighted by Crippen LogP contribution is -2.41. The van der Waals surface area contributed by atoms with Gasteiger partial charge < -0.3 is 19.7 Å². The first-order chi connectivity index (χ1) is 13.5. The summed E-state index contributed by atoms with van der Waals surface area (Å²) in [7, 11) is 2.26. The minimum Gasteiger partial charge on any atom is -0.461 e. The van der Waals surface area contributed by atoms with Crippen LogP contribution in [0.3, 0.4) is 0 Å². The first kappa shape index (κ1) is 20.1. The van der Waals surface area contributed by atoms with Crippen LogP contribution in [0.2, 0.25) is 18.6 Å². The summed E-state index contributed by atoms with van der Waals surface area (Å²) < 4.78 is 12.0. The lowest BCUT2D eigenvalue weighted by molar-refractivity contribution is 0.0669. The standard InChI is InChI=1S/C24H34N2O2Si/c1-15-20-16(9-11-18(20)26(5)6)13-17-10-12-19(21(15)17)29(7,8)23-22(27-14-28-23)25-24(2,3)4/h9-12,19,25H,13-14H2,1-8H3. The zero-order valence-electron chi connectivity index (χ0n) is 19.1. The van der Waals surface area contributed by atoms with Gasteiger partial charge in [0.15, 0.2) is 0 Å². The van der Waals surface area contributed by atoms with Crippen molar-refractivity contribution in [2.24, 2.45) is 0 Å². The molecule has 0 spiro atoms. The summed E-state index contributed by atoms with van der Waals surface area (Å²) in [5.74, 6) is 0.841. The molecule has 4 rings (SSSR count). The smallest absolute Gasteiger partial charge is 0.231 e. The van der Waals surface area contributed by atoms with Crippen LogP contribution in [-0.2, 0) is 9.47 Å². The summed E-state index contributed by atoms with van der Waals surface area (Å²) in [6, 6.07) is 0. The van der Waals surface area contributed by atoms with E-state index in [0.29, 0.717) is 12.3 Å².